The van der Waals surface area contributed by atoms with E-state index in [1.54, 1.807) is 19.1 Å². The Morgan fingerprint density at radius 2 is 1.85 bits per heavy atom. The van der Waals surface area contributed by atoms with E-state index in [1.165, 1.54) is 18.2 Å². The van der Waals surface area contributed by atoms with Gasteiger partial charge in [0.05, 0.1) is 32.8 Å². The zero-order valence-corrected chi connectivity index (χ0v) is 19.5. The number of carbonyl (C=O) groups excluding carboxylic acids is 3. The number of benzene rings is 2. The van der Waals surface area contributed by atoms with Gasteiger partial charge in [0.15, 0.2) is 11.9 Å². The van der Waals surface area contributed by atoms with Crippen LogP contribution in [0.3, 0.4) is 0 Å². The number of imide groups is 1. The molecule has 1 fully saturated rings. The molecule has 7 nitrogen and oxygen atoms in total. The van der Waals surface area contributed by atoms with Gasteiger partial charge in [0.25, 0.3) is 11.8 Å². The Kier molecular flexibility index (Phi) is 6.61. The van der Waals surface area contributed by atoms with Gasteiger partial charge in [-0.3, -0.25) is 19.3 Å². The average molecular weight is 513 g/mol. The summed E-state index contributed by atoms with van der Waals surface area (Å²) in [6.45, 7) is 1.94. The molecular weight excluding hydrogens is 496 g/mol. The summed E-state index contributed by atoms with van der Waals surface area (Å²) < 4.78 is 13.7. The first kappa shape index (κ1) is 23.5. The SMILES string of the molecule is CCN1C(=O)CC(NC(=O)c2ccc(C3=NOC(c4cc(Cl)c(F)c(Cl)c4)C3)cc2Cl)C1=O. The van der Waals surface area contributed by atoms with Crippen LogP contribution in [0.2, 0.25) is 15.1 Å². The van der Waals surface area contributed by atoms with Crippen molar-refractivity contribution in [3.63, 3.8) is 0 Å². The number of oxime groups is 1. The van der Waals surface area contributed by atoms with Crippen molar-refractivity contribution in [1.82, 2.24) is 10.2 Å². The Balaban J connectivity index is 1.45. The zero-order valence-electron chi connectivity index (χ0n) is 17.2. The Morgan fingerprint density at radius 1 is 1.15 bits per heavy atom. The number of nitrogens with one attached hydrogen (secondary N) is 1. The molecule has 4 rings (SSSR count). The van der Waals surface area contributed by atoms with Gasteiger partial charge in [-0.05, 0) is 36.8 Å². The summed E-state index contributed by atoms with van der Waals surface area (Å²) in [7, 11) is 0. The Bertz CT molecular complexity index is 1180. The highest BCUT2D eigenvalue weighted by Crippen LogP contribution is 2.35. The number of rotatable bonds is 5. The van der Waals surface area contributed by atoms with Crippen LogP contribution in [-0.4, -0.2) is 40.9 Å². The van der Waals surface area contributed by atoms with E-state index in [0.29, 0.717) is 23.3 Å². The third kappa shape index (κ3) is 4.55. The van der Waals surface area contributed by atoms with E-state index in [4.69, 9.17) is 39.6 Å². The van der Waals surface area contributed by atoms with Crippen molar-refractivity contribution in [2.45, 2.75) is 31.9 Å². The molecule has 0 spiro atoms. The first-order valence-corrected chi connectivity index (χ1v) is 11.1. The first-order valence-electron chi connectivity index (χ1n) is 10.0. The molecule has 2 aromatic rings. The summed E-state index contributed by atoms with van der Waals surface area (Å²) in [6.07, 6.45) is -0.239. The van der Waals surface area contributed by atoms with Crippen LogP contribution in [0.15, 0.2) is 35.5 Å². The highest BCUT2D eigenvalue weighted by Gasteiger charge is 2.38. The van der Waals surface area contributed by atoms with Crippen LogP contribution in [0, 0.1) is 5.82 Å². The van der Waals surface area contributed by atoms with Crippen LogP contribution < -0.4 is 5.32 Å². The molecule has 1 saturated heterocycles. The predicted molar refractivity (Wildman–Crippen MR) is 121 cm³/mol. The zero-order chi connectivity index (χ0) is 23.9. The Labute approximate surface area is 203 Å². The lowest BCUT2D eigenvalue weighted by molar-refractivity contribution is -0.138. The number of carbonyl (C=O) groups is 3. The van der Waals surface area contributed by atoms with Gasteiger partial charge in [-0.25, -0.2) is 4.39 Å². The lowest BCUT2D eigenvalue weighted by Gasteiger charge is -2.14. The second kappa shape index (κ2) is 9.29. The van der Waals surface area contributed by atoms with Crippen LogP contribution in [0.4, 0.5) is 4.39 Å². The number of nitrogens with zero attached hydrogens (tertiary/aromatic N) is 2. The van der Waals surface area contributed by atoms with Crippen molar-refractivity contribution < 1.29 is 23.6 Å². The van der Waals surface area contributed by atoms with E-state index in [9.17, 15) is 18.8 Å². The van der Waals surface area contributed by atoms with Crippen molar-refractivity contribution in [2.24, 2.45) is 5.16 Å². The molecule has 2 aliphatic heterocycles. The van der Waals surface area contributed by atoms with Gasteiger partial charge in [-0.1, -0.05) is 46.0 Å². The first-order chi connectivity index (χ1) is 15.7. The van der Waals surface area contributed by atoms with Gasteiger partial charge < -0.3 is 10.2 Å². The van der Waals surface area contributed by atoms with Crippen LogP contribution in [0.5, 0.6) is 0 Å². The number of hydrogen-bond donors (Lipinski definition) is 1. The molecule has 0 aromatic heterocycles. The summed E-state index contributed by atoms with van der Waals surface area (Å²) in [5.41, 5.74) is 1.93. The van der Waals surface area contributed by atoms with Gasteiger partial charge in [0, 0.05) is 18.5 Å². The third-order valence-electron chi connectivity index (χ3n) is 5.46. The number of halogens is 4. The maximum absolute atomic E-state index is 13.7. The molecular formula is C22H17Cl3FN3O4. The van der Waals surface area contributed by atoms with E-state index >= 15 is 0 Å². The normalized spacial score (nSPS) is 20.2. The molecule has 0 bridgehead atoms. The van der Waals surface area contributed by atoms with Crippen molar-refractivity contribution in [1.29, 1.82) is 0 Å². The van der Waals surface area contributed by atoms with E-state index in [2.05, 4.69) is 10.5 Å². The summed E-state index contributed by atoms with van der Waals surface area (Å²) >= 11 is 18.1. The minimum absolute atomic E-state index is 0.0823. The highest BCUT2D eigenvalue weighted by molar-refractivity contribution is 6.35. The maximum Gasteiger partial charge on any atom is 0.253 e. The minimum Gasteiger partial charge on any atom is -0.387 e. The lowest BCUT2D eigenvalue weighted by atomic mass is 9.99. The molecule has 0 aliphatic carbocycles. The lowest BCUT2D eigenvalue weighted by Crippen LogP contribution is -2.41. The third-order valence-corrected chi connectivity index (χ3v) is 6.32. The fourth-order valence-electron chi connectivity index (χ4n) is 3.73. The molecule has 0 radical (unpaired) electrons. The second-order valence-corrected chi connectivity index (χ2v) is 8.76. The fraction of sp³-hybridized carbons (Fsp3) is 0.273. The summed E-state index contributed by atoms with van der Waals surface area (Å²) in [6, 6.07) is 6.67. The Hall–Kier alpha value is -2.68. The van der Waals surface area contributed by atoms with Crippen LogP contribution in [0.25, 0.3) is 0 Å². The van der Waals surface area contributed by atoms with Crippen molar-refractivity contribution in [3.8, 4) is 0 Å². The van der Waals surface area contributed by atoms with E-state index in [1.807, 2.05) is 0 Å². The summed E-state index contributed by atoms with van der Waals surface area (Å²) in [5, 5.41) is 6.56. The standard InChI is InChI=1S/C22H17Cl3FN3O4/c1-2-29-19(30)9-17(22(29)32)27-21(31)12-4-3-10(5-13(12)23)16-8-18(33-28-16)11-6-14(24)20(26)15(25)7-11/h3-7,17-18H,2,8-9H2,1H3,(H,27,31). The van der Waals surface area contributed by atoms with Gasteiger partial charge >= 0.3 is 0 Å². The van der Waals surface area contributed by atoms with Crippen LogP contribution in [-0.2, 0) is 14.4 Å². The maximum atomic E-state index is 13.7. The van der Waals surface area contributed by atoms with Crippen molar-refractivity contribution >= 4 is 58.2 Å². The van der Waals surface area contributed by atoms with E-state index < -0.39 is 29.8 Å². The summed E-state index contributed by atoms with van der Waals surface area (Å²) in [5.74, 6) is -2.03. The molecule has 2 heterocycles. The van der Waals surface area contributed by atoms with E-state index in [0.717, 1.165) is 4.90 Å². The Morgan fingerprint density at radius 3 is 2.45 bits per heavy atom. The quantitative estimate of drug-likeness (QED) is 0.471. The topological polar surface area (TPSA) is 88.1 Å². The molecule has 1 N–H and O–H groups in total. The number of amides is 3. The molecule has 172 valence electrons. The average Bonchev–Trinajstić information content (AvgIpc) is 3.36. The monoisotopic (exact) mass is 511 g/mol. The molecule has 2 aromatic carbocycles. The van der Waals surface area contributed by atoms with Crippen molar-refractivity contribution in [2.75, 3.05) is 6.54 Å². The molecule has 0 saturated carbocycles. The van der Waals surface area contributed by atoms with E-state index in [-0.39, 0.29) is 39.5 Å². The number of hydrogen-bond acceptors (Lipinski definition) is 5. The molecule has 33 heavy (non-hydrogen) atoms. The van der Waals surface area contributed by atoms with Gasteiger partial charge in [-0.2, -0.15) is 0 Å². The number of likely N-dealkylation sites (N-methyl/N-ethyl adjacent to an activating group) is 1. The molecule has 11 heteroatoms. The fourth-order valence-corrected chi connectivity index (χ4v) is 4.50. The molecule has 2 atom stereocenters. The highest BCUT2D eigenvalue weighted by atomic mass is 35.5. The number of likely N-dealkylation sites (tertiary alicyclic amines) is 1. The van der Waals surface area contributed by atoms with Gasteiger partial charge in [0.2, 0.25) is 5.91 Å². The van der Waals surface area contributed by atoms with Crippen LogP contribution in [0.1, 0.15) is 47.4 Å². The summed E-state index contributed by atoms with van der Waals surface area (Å²) in [4.78, 5) is 43.3. The largest absolute Gasteiger partial charge is 0.387 e. The van der Waals surface area contributed by atoms with Gasteiger partial charge in [-0.15, -0.1) is 0 Å². The smallest absolute Gasteiger partial charge is 0.253 e. The van der Waals surface area contributed by atoms with Crippen molar-refractivity contribution in [3.05, 3.63) is 67.9 Å². The van der Waals surface area contributed by atoms with Gasteiger partial charge in [0.1, 0.15) is 6.04 Å². The van der Waals surface area contributed by atoms with Crippen LogP contribution >= 0.6 is 34.8 Å². The molecule has 2 unspecified atom stereocenters. The molecule has 2 aliphatic rings. The predicted octanol–water partition coefficient (Wildman–Crippen LogP) is 4.53. The second-order valence-electron chi connectivity index (χ2n) is 7.54. The molecule has 3 amide bonds. The minimum atomic E-state index is -0.914.